The van der Waals surface area contributed by atoms with E-state index >= 15 is 0 Å². The molecule has 1 nitrogen and oxygen atoms in total. The van der Waals surface area contributed by atoms with Crippen LogP contribution in [-0.2, 0) is 0 Å². The molecule has 1 rings (SSSR count). The number of hydrogen-bond donors (Lipinski definition) is 1. The van der Waals surface area contributed by atoms with Crippen molar-refractivity contribution in [3.63, 3.8) is 0 Å². The Morgan fingerprint density at radius 3 is 2.33 bits per heavy atom. The van der Waals surface area contributed by atoms with Crippen LogP contribution >= 0.6 is 67.8 Å². The third-order valence-corrected chi connectivity index (χ3v) is 5.18. The average molecular weight is 500 g/mol. The highest BCUT2D eigenvalue weighted by molar-refractivity contribution is 14.1. The van der Waals surface area contributed by atoms with Gasteiger partial charge in [-0.15, -0.1) is 0 Å². The first-order valence-electron chi connectivity index (χ1n) is 3.35. The van der Waals surface area contributed by atoms with E-state index in [1.165, 1.54) is 7.14 Å². The minimum Gasteiger partial charge on any atom is -0.389 e. The van der Waals surface area contributed by atoms with Gasteiger partial charge >= 0.3 is 0 Å². The molecule has 0 spiro atoms. The summed E-state index contributed by atoms with van der Waals surface area (Å²) in [6.45, 7) is 1.80. The first-order chi connectivity index (χ1) is 5.52. The summed E-state index contributed by atoms with van der Waals surface area (Å²) in [6, 6.07) is 4.13. The fourth-order valence-corrected chi connectivity index (χ4v) is 3.53. The third kappa shape index (κ3) is 2.68. The van der Waals surface area contributed by atoms with Gasteiger partial charge in [0, 0.05) is 10.7 Å². The van der Waals surface area contributed by atoms with E-state index in [0.29, 0.717) is 0 Å². The largest absolute Gasteiger partial charge is 0.389 e. The van der Waals surface area contributed by atoms with E-state index in [1.54, 1.807) is 6.92 Å². The van der Waals surface area contributed by atoms with E-state index in [9.17, 15) is 5.11 Å². The highest BCUT2D eigenvalue weighted by Crippen LogP contribution is 2.26. The molecular weight excluding hydrogens is 493 g/mol. The number of rotatable bonds is 1. The lowest BCUT2D eigenvalue weighted by atomic mass is 10.1. The Morgan fingerprint density at radius 2 is 1.83 bits per heavy atom. The smallest absolute Gasteiger partial charge is 0.0772 e. The van der Waals surface area contributed by atoms with Crippen molar-refractivity contribution in [2.24, 2.45) is 0 Å². The first-order valence-corrected chi connectivity index (χ1v) is 6.58. The molecule has 1 aromatic rings. The first kappa shape index (κ1) is 11.4. The molecule has 0 aliphatic heterocycles. The van der Waals surface area contributed by atoms with Crippen LogP contribution < -0.4 is 0 Å². The van der Waals surface area contributed by atoms with Crippen molar-refractivity contribution in [2.45, 2.75) is 13.0 Å². The molecule has 1 unspecified atom stereocenters. The lowest BCUT2D eigenvalue weighted by Gasteiger charge is -2.09. The number of hydrogen-bond acceptors (Lipinski definition) is 1. The van der Waals surface area contributed by atoms with Crippen LogP contribution in [0.15, 0.2) is 12.1 Å². The van der Waals surface area contributed by atoms with Crippen molar-refractivity contribution in [3.05, 3.63) is 28.4 Å². The summed E-state index contributed by atoms with van der Waals surface area (Å²) in [7, 11) is 0. The molecule has 0 bridgehead atoms. The molecule has 0 aromatic heterocycles. The molecule has 0 saturated carbocycles. The van der Waals surface area contributed by atoms with E-state index in [2.05, 4.69) is 73.8 Å². The molecular formula is C8H7I3O. The van der Waals surface area contributed by atoms with Gasteiger partial charge < -0.3 is 5.11 Å². The average Bonchev–Trinajstić information content (AvgIpc) is 1.96. The summed E-state index contributed by atoms with van der Waals surface area (Å²) in [6.07, 6.45) is -0.375. The Labute approximate surface area is 113 Å². The van der Waals surface area contributed by atoms with Crippen molar-refractivity contribution in [1.29, 1.82) is 0 Å². The molecule has 1 N–H and O–H groups in total. The van der Waals surface area contributed by atoms with Gasteiger partial charge in [-0.3, -0.25) is 0 Å². The molecule has 0 saturated heterocycles. The minimum atomic E-state index is -0.375. The van der Waals surface area contributed by atoms with Gasteiger partial charge in [-0.2, -0.15) is 0 Å². The highest BCUT2D eigenvalue weighted by atomic mass is 127. The standard InChI is InChI=1S/C8H7I3O/c1-4(12)6-2-5(9)3-7(10)8(6)11/h2-4,12H,1H3. The van der Waals surface area contributed by atoms with Crippen molar-refractivity contribution in [1.82, 2.24) is 0 Å². The summed E-state index contributed by atoms with van der Waals surface area (Å²) in [5, 5.41) is 9.44. The monoisotopic (exact) mass is 500 g/mol. The molecule has 66 valence electrons. The van der Waals surface area contributed by atoms with Gasteiger partial charge in [-0.05, 0) is 92.4 Å². The summed E-state index contributed by atoms with van der Waals surface area (Å²) in [5.41, 5.74) is 1.02. The highest BCUT2D eigenvalue weighted by Gasteiger charge is 2.09. The summed E-state index contributed by atoms with van der Waals surface area (Å²) in [4.78, 5) is 0. The maximum Gasteiger partial charge on any atom is 0.0772 e. The van der Waals surface area contributed by atoms with Gasteiger partial charge in [-0.25, -0.2) is 0 Å². The molecule has 0 aliphatic rings. The van der Waals surface area contributed by atoms with Crippen molar-refractivity contribution in [3.8, 4) is 0 Å². The number of benzene rings is 1. The Bertz CT molecular complexity index is 297. The molecule has 12 heavy (non-hydrogen) atoms. The number of halogens is 3. The third-order valence-electron chi connectivity index (χ3n) is 1.47. The molecule has 0 amide bonds. The van der Waals surface area contributed by atoms with E-state index < -0.39 is 0 Å². The van der Waals surface area contributed by atoms with Gasteiger partial charge in [0.25, 0.3) is 0 Å². The summed E-state index contributed by atoms with van der Waals surface area (Å²) >= 11 is 6.81. The van der Waals surface area contributed by atoms with Crippen molar-refractivity contribution in [2.75, 3.05) is 0 Å². The van der Waals surface area contributed by atoms with Gasteiger partial charge in [-0.1, -0.05) is 0 Å². The van der Waals surface area contributed by atoms with Crippen molar-refractivity contribution >= 4 is 67.8 Å². The fourth-order valence-electron chi connectivity index (χ4n) is 0.880. The van der Waals surface area contributed by atoms with E-state index in [4.69, 9.17) is 0 Å². The Morgan fingerprint density at radius 1 is 1.25 bits per heavy atom. The van der Waals surface area contributed by atoms with Crippen LogP contribution in [-0.4, -0.2) is 5.11 Å². The van der Waals surface area contributed by atoms with Crippen LogP contribution in [0.4, 0.5) is 0 Å². The zero-order chi connectivity index (χ0) is 9.30. The zero-order valence-corrected chi connectivity index (χ0v) is 12.8. The normalized spacial score (nSPS) is 13.1. The van der Waals surface area contributed by atoms with E-state index in [1.807, 2.05) is 6.07 Å². The SMILES string of the molecule is CC(O)c1cc(I)cc(I)c1I. The van der Waals surface area contributed by atoms with Crippen molar-refractivity contribution < 1.29 is 5.11 Å². The van der Waals surface area contributed by atoms with Gasteiger partial charge in [0.05, 0.1) is 6.10 Å². The number of aliphatic hydroxyl groups is 1. The molecule has 1 aromatic carbocycles. The fraction of sp³-hybridized carbons (Fsp3) is 0.250. The molecule has 4 heteroatoms. The van der Waals surface area contributed by atoms with Crippen LogP contribution in [0.5, 0.6) is 0 Å². The molecule has 0 heterocycles. The second-order valence-corrected chi connectivity index (χ2v) is 5.95. The van der Waals surface area contributed by atoms with Crippen LogP contribution in [0.3, 0.4) is 0 Å². The second-order valence-electron chi connectivity index (χ2n) is 2.47. The molecule has 0 aliphatic carbocycles. The lowest BCUT2D eigenvalue weighted by Crippen LogP contribution is -1.97. The Balaban J connectivity index is 3.28. The summed E-state index contributed by atoms with van der Waals surface area (Å²) in [5.74, 6) is 0. The van der Waals surface area contributed by atoms with Crippen LogP contribution in [0.25, 0.3) is 0 Å². The van der Waals surface area contributed by atoms with Crippen LogP contribution in [0.2, 0.25) is 0 Å². The Kier molecular flexibility index (Phi) is 4.52. The maximum absolute atomic E-state index is 9.44. The topological polar surface area (TPSA) is 20.2 Å². The van der Waals surface area contributed by atoms with Crippen LogP contribution in [0, 0.1) is 10.7 Å². The Hall–Kier alpha value is 1.37. The van der Waals surface area contributed by atoms with Gasteiger partial charge in [0.15, 0.2) is 0 Å². The lowest BCUT2D eigenvalue weighted by molar-refractivity contribution is 0.198. The maximum atomic E-state index is 9.44. The van der Waals surface area contributed by atoms with Gasteiger partial charge in [0.2, 0.25) is 0 Å². The zero-order valence-electron chi connectivity index (χ0n) is 6.31. The summed E-state index contributed by atoms with van der Waals surface area (Å²) < 4.78 is 3.54. The van der Waals surface area contributed by atoms with Crippen LogP contribution in [0.1, 0.15) is 18.6 Å². The number of aliphatic hydroxyl groups excluding tert-OH is 1. The van der Waals surface area contributed by atoms with E-state index in [-0.39, 0.29) is 6.10 Å². The predicted octanol–water partition coefficient (Wildman–Crippen LogP) is 3.55. The quantitative estimate of drug-likeness (QED) is 0.463. The van der Waals surface area contributed by atoms with E-state index in [0.717, 1.165) is 9.13 Å². The van der Waals surface area contributed by atoms with Gasteiger partial charge in [0.1, 0.15) is 0 Å². The minimum absolute atomic E-state index is 0.375. The molecule has 0 radical (unpaired) electrons. The predicted molar refractivity (Wildman–Crippen MR) is 75.2 cm³/mol. The molecule has 1 atom stereocenters. The second kappa shape index (κ2) is 4.74. The molecule has 0 fully saturated rings.